The highest BCUT2D eigenvalue weighted by atomic mass is 16.6. The number of hydrogen-bond donors (Lipinski definition) is 2. The fraction of sp³-hybridized carbons (Fsp3) is 0.304. The summed E-state index contributed by atoms with van der Waals surface area (Å²) in [7, 11) is 0. The number of carboxylic acids is 1. The Hall–Kier alpha value is -3.28. The number of hydrogen-bond acceptors (Lipinski definition) is 4. The summed E-state index contributed by atoms with van der Waals surface area (Å²) in [6.45, 7) is 9.73. The van der Waals surface area contributed by atoms with Crippen molar-refractivity contribution in [1.82, 2.24) is 5.32 Å². The zero-order chi connectivity index (χ0) is 21.6. The lowest BCUT2D eigenvalue weighted by atomic mass is 10.1. The molecule has 0 radical (unpaired) electrons. The maximum atomic E-state index is 11.8. The third-order valence-electron chi connectivity index (χ3n) is 3.84. The van der Waals surface area contributed by atoms with Crippen molar-refractivity contribution in [3.63, 3.8) is 0 Å². The second-order valence-corrected chi connectivity index (χ2v) is 7.19. The fourth-order valence-corrected chi connectivity index (χ4v) is 2.71. The summed E-state index contributed by atoms with van der Waals surface area (Å²) in [5.41, 5.74) is 1.83. The molecule has 0 saturated heterocycles. The predicted octanol–water partition coefficient (Wildman–Crippen LogP) is 5.85. The summed E-state index contributed by atoms with van der Waals surface area (Å²) in [6, 6.07) is 14.1. The van der Waals surface area contributed by atoms with Crippen molar-refractivity contribution in [2.45, 2.75) is 46.8 Å². The molecule has 0 bridgehead atoms. The van der Waals surface area contributed by atoms with Crippen molar-refractivity contribution in [1.29, 1.82) is 0 Å². The zero-order valence-corrected chi connectivity index (χ0v) is 17.4. The highest BCUT2D eigenvalue weighted by Gasteiger charge is 2.16. The average Bonchev–Trinajstić information content (AvgIpc) is 3.11. The normalized spacial score (nSPS) is 10.8. The van der Waals surface area contributed by atoms with Crippen LogP contribution in [0.25, 0.3) is 22.3 Å². The van der Waals surface area contributed by atoms with Gasteiger partial charge in [0.2, 0.25) is 0 Å². The first-order valence-corrected chi connectivity index (χ1v) is 9.55. The minimum Gasteiger partial charge on any atom is -0.478 e. The van der Waals surface area contributed by atoms with E-state index in [2.05, 4.69) is 5.32 Å². The maximum absolute atomic E-state index is 11.8. The number of carbonyl (C=O) groups is 2. The highest BCUT2D eigenvalue weighted by molar-refractivity contribution is 6.03. The van der Waals surface area contributed by atoms with Gasteiger partial charge in [-0.2, -0.15) is 0 Å². The number of aromatic carboxylic acids is 1. The fourth-order valence-electron chi connectivity index (χ4n) is 2.71. The first kappa shape index (κ1) is 22.0. The molecule has 0 fully saturated rings. The van der Waals surface area contributed by atoms with E-state index in [9.17, 15) is 14.7 Å². The van der Waals surface area contributed by atoms with Crippen LogP contribution in [0.3, 0.4) is 0 Å². The number of nitrogens with one attached hydrogen (secondary N) is 1. The van der Waals surface area contributed by atoms with Gasteiger partial charge in [0.25, 0.3) is 0 Å². The number of benzene rings is 2. The molecule has 3 rings (SSSR count). The summed E-state index contributed by atoms with van der Waals surface area (Å²) in [5, 5.41) is 12.6. The second kappa shape index (κ2) is 9.28. The predicted molar refractivity (Wildman–Crippen MR) is 113 cm³/mol. The third-order valence-corrected chi connectivity index (χ3v) is 3.84. The van der Waals surface area contributed by atoms with Gasteiger partial charge in [-0.25, -0.2) is 9.59 Å². The molecule has 0 spiro atoms. The molecule has 154 valence electrons. The van der Waals surface area contributed by atoms with E-state index in [1.807, 2.05) is 38.1 Å². The van der Waals surface area contributed by atoms with Gasteiger partial charge in [0.1, 0.15) is 16.9 Å². The molecule has 2 N–H and O–H groups in total. The number of carbonyl (C=O) groups excluding carboxylic acids is 1. The van der Waals surface area contributed by atoms with Crippen LogP contribution in [-0.2, 0) is 11.3 Å². The van der Waals surface area contributed by atoms with Gasteiger partial charge < -0.3 is 19.6 Å². The van der Waals surface area contributed by atoms with Gasteiger partial charge in [0.05, 0.1) is 5.56 Å². The lowest BCUT2D eigenvalue weighted by Gasteiger charge is -2.19. The van der Waals surface area contributed by atoms with E-state index in [0.717, 1.165) is 11.1 Å². The Morgan fingerprint density at radius 3 is 2.41 bits per heavy atom. The van der Waals surface area contributed by atoms with Crippen molar-refractivity contribution >= 4 is 23.0 Å². The lowest BCUT2D eigenvalue weighted by molar-refractivity contribution is 0.0523. The van der Waals surface area contributed by atoms with E-state index in [1.165, 1.54) is 0 Å². The van der Waals surface area contributed by atoms with Crippen LogP contribution in [0.15, 0.2) is 52.9 Å². The van der Waals surface area contributed by atoms with Gasteiger partial charge in [-0.15, -0.1) is 0 Å². The number of carboxylic acid groups (broad SMARTS) is 1. The van der Waals surface area contributed by atoms with Crippen molar-refractivity contribution < 1.29 is 23.8 Å². The SMILES string of the molecule is CC.CC(C)(C)OC(=O)NCc1cccc(-c2cc3c(C(=O)O)cccc3o2)c1. The molecule has 0 aliphatic heterocycles. The van der Waals surface area contributed by atoms with Gasteiger partial charge in [-0.05, 0) is 50.6 Å². The molecule has 1 aromatic heterocycles. The number of alkyl carbamates (subject to hydrolysis) is 1. The number of furan rings is 1. The van der Waals surface area contributed by atoms with Crippen LogP contribution in [0.4, 0.5) is 4.79 Å². The first-order chi connectivity index (χ1) is 13.7. The van der Waals surface area contributed by atoms with Crippen molar-refractivity contribution in [3.8, 4) is 11.3 Å². The van der Waals surface area contributed by atoms with Crippen LogP contribution in [0.1, 0.15) is 50.5 Å². The smallest absolute Gasteiger partial charge is 0.407 e. The largest absolute Gasteiger partial charge is 0.478 e. The summed E-state index contributed by atoms with van der Waals surface area (Å²) in [4.78, 5) is 23.2. The monoisotopic (exact) mass is 397 g/mol. The summed E-state index contributed by atoms with van der Waals surface area (Å²) >= 11 is 0. The Balaban J connectivity index is 0.00000145. The van der Waals surface area contributed by atoms with Gasteiger partial charge in [-0.3, -0.25) is 0 Å². The maximum Gasteiger partial charge on any atom is 0.407 e. The highest BCUT2D eigenvalue weighted by Crippen LogP contribution is 2.30. The van der Waals surface area contributed by atoms with Gasteiger partial charge >= 0.3 is 12.1 Å². The summed E-state index contributed by atoms with van der Waals surface area (Å²) in [6.07, 6.45) is -0.484. The van der Waals surface area contributed by atoms with Crippen LogP contribution in [0.5, 0.6) is 0 Å². The van der Waals surface area contributed by atoms with E-state index in [-0.39, 0.29) is 5.56 Å². The molecule has 0 aliphatic rings. The van der Waals surface area contributed by atoms with E-state index >= 15 is 0 Å². The van der Waals surface area contributed by atoms with E-state index in [0.29, 0.717) is 23.3 Å². The molecule has 1 heterocycles. The second-order valence-electron chi connectivity index (χ2n) is 7.19. The zero-order valence-electron chi connectivity index (χ0n) is 17.4. The molecular formula is C23H27NO5. The Bertz CT molecular complexity index is 998. The Labute approximate surface area is 170 Å². The Morgan fingerprint density at radius 2 is 1.76 bits per heavy atom. The molecule has 6 heteroatoms. The van der Waals surface area contributed by atoms with Crippen LogP contribution in [0, 0.1) is 0 Å². The third kappa shape index (κ3) is 5.85. The number of amides is 1. The molecule has 3 aromatic rings. The average molecular weight is 397 g/mol. The van der Waals surface area contributed by atoms with Crippen molar-refractivity contribution in [3.05, 3.63) is 59.7 Å². The van der Waals surface area contributed by atoms with Crippen LogP contribution in [-0.4, -0.2) is 22.8 Å². The molecule has 2 aromatic carbocycles. The standard InChI is InChI=1S/C21H21NO5.C2H6/c1-21(2,3)27-20(25)22-12-13-6-4-7-14(10-13)18-11-16-15(19(23)24)8-5-9-17(16)26-18;1-2/h4-11H,12H2,1-3H3,(H,22,25)(H,23,24);1-2H3. The number of ether oxygens (including phenoxy) is 1. The van der Waals surface area contributed by atoms with E-state index in [4.69, 9.17) is 9.15 Å². The topological polar surface area (TPSA) is 88.8 Å². The van der Waals surface area contributed by atoms with E-state index < -0.39 is 17.7 Å². The molecule has 29 heavy (non-hydrogen) atoms. The molecule has 0 saturated carbocycles. The van der Waals surface area contributed by atoms with Gasteiger partial charge in [0.15, 0.2) is 0 Å². The molecule has 0 aliphatic carbocycles. The minimum absolute atomic E-state index is 0.199. The Kier molecular flexibility index (Phi) is 7.04. The quantitative estimate of drug-likeness (QED) is 0.576. The molecular weight excluding hydrogens is 370 g/mol. The molecule has 0 unspecified atom stereocenters. The summed E-state index contributed by atoms with van der Waals surface area (Å²) < 4.78 is 11.0. The first-order valence-electron chi connectivity index (χ1n) is 9.55. The van der Waals surface area contributed by atoms with Crippen molar-refractivity contribution in [2.75, 3.05) is 0 Å². The Morgan fingerprint density at radius 1 is 1.07 bits per heavy atom. The lowest BCUT2D eigenvalue weighted by Crippen LogP contribution is -2.32. The number of fused-ring (bicyclic) bond motifs is 1. The van der Waals surface area contributed by atoms with Crippen LogP contribution >= 0.6 is 0 Å². The molecule has 0 atom stereocenters. The minimum atomic E-state index is -0.997. The number of rotatable bonds is 4. The molecule has 6 nitrogen and oxygen atoms in total. The van der Waals surface area contributed by atoms with Crippen LogP contribution in [0.2, 0.25) is 0 Å². The van der Waals surface area contributed by atoms with Crippen molar-refractivity contribution in [2.24, 2.45) is 0 Å². The van der Waals surface area contributed by atoms with E-state index in [1.54, 1.807) is 45.0 Å². The van der Waals surface area contributed by atoms with Gasteiger partial charge in [0, 0.05) is 17.5 Å². The van der Waals surface area contributed by atoms with Crippen LogP contribution < -0.4 is 5.32 Å². The summed E-state index contributed by atoms with van der Waals surface area (Å²) in [5.74, 6) is -0.430. The molecule has 1 amide bonds. The van der Waals surface area contributed by atoms with Gasteiger partial charge in [-0.1, -0.05) is 38.1 Å².